The normalized spacial score (nSPS) is 10.6. The van der Waals surface area contributed by atoms with Crippen LogP contribution in [0.2, 0.25) is 0 Å². The van der Waals surface area contributed by atoms with Crippen molar-refractivity contribution in [2.24, 2.45) is 10.8 Å². The molecule has 1 heterocycles. The molecule has 0 saturated heterocycles. The molecule has 0 spiro atoms. The Morgan fingerprint density at radius 1 is 1.69 bits per heavy atom. The molecule has 0 unspecified atom stereocenters. The quantitative estimate of drug-likeness (QED) is 0.437. The average Bonchev–Trinajstić information content (AvgIpc) is 2.29. The molecule has 0 fully saturated rings. The van der Waals surface area contributed by atoms with E-state index in [1.54, 1.807) is 17.6 Å². The van der Waals surface area contributed by atoms with Crippen molar-refractivity contribution in [1.82, 2.24) is 10.4 Å². The van der Waals surface area contributed by atoms with Crippen molar-refractivity contribution in [3.8, 4) is 0 Å². The zero-order valence-electron chi connectivity index (χ0n) is 7.37. The van der Waals surface area contributed by atoms with Crippen LogP contribution in [0.25, 0.3) is 0 Å². The number of hydrogen-bond acceptors (Lipinski definition) is 4. The molecule has 0 radical (unpaired) electrons. The molecule has 0 atom stereocenters. The smallest absolute Gasteiger partial charge is 0.184 e. The van der Waals surface area contributed by atoms with Crippen molar-refractivity contribution < 1.29 is 0 Å². The van der Waals surface area contributed by atoms with Crippen LogP contribution in [0.5, 0.6) is 0 Å². The van der Waals surface area contributed by atoms with Crippen molar-refractivity contribution in [1.29, 1.82) is 0 Å². The number of nitrogens with zero attached hydrogens (tertiary/aromatic N) is 2. The van der Waals surface area contributed by atoms with Gasteiger partial charge in [0, 0.05) is 0 Å². The summed E-state index contributed by atoms with van der Waals surface area (Å²) in [5.74, 6) is 0. The Balaban J connectivity index is 2.68. The Bertz CT molecular complexity index is 342. The van der Waals surface area contributed by atoms with E-state index in [4.69, 9.17) is 5.73 Å². The molecule has 0 aliphatic heterocycles. The predicted octanol–water partition coefficient (Wildman–Crippen LogP) is 0.927. The van der Waals surface area contributed by atoms with Crippen LogP contribution < -0.4 is 11.2 Å². The fraction of sp³-hybridized carbons (Fsp3) is 0.286. The van der Waals surface area contributed by atoms with Gasteiger partial charge in [-0.3, -0.25) is 5.43 Å². The predicted molar refractivity (Wildman–Crippen MR) is 59.1 cm³/mol. The number of hydrogen-bond donors (Lipinski definition) is 2. The van der Waals surface area contributed by atoms with Gasteiger partial charge in [-0.05, 0) is 26.1 Å². The van der Waals surface area contributed by atoms with Crippen LogP contribution in [0.15, 0.2) is 5.10 Å². The van der Waals surface area contributed by atoms with Gasteiger partial charge in [0.15, 0.2) is 5.11 Å². The standard InChI is InChI=1S/C7H10N4S2/c1-4-6(13-5(2)10-4)3-9-11-7(8)12/h3H,1-2H3,(H3,8,11,12). The first-order chi connectivity index (χ1) is 6.09. The Morgan fingerprint density at radius 2 is 2.38 bits per heavy atom. The van der Waals surface area contributed by atoms with E-state index < -0.39 is 0 Å². The number of nitrogens with two attached hydrogens (primary N) is 1. The molecule has 70 valence electrons. The van der Waals surface area contributed by atoms with Crippen molar-refractivity contribution in [3.05, 3.63) is 15.6 Å². The van der Waals surface area contributed by atoms with Crippen molar-refractivity contribution in [3.63, 3.8) is 0 Å². The van der Waals surface area contributed by atoms with Crippen molar-refractivity contribution in [2.75, 3.05) is 0 Å². The van der Waals surface area contributed by atoms with Gasteiger partial charge in [0.25, 0.3) is 0 Å². The highest BCUT2D eigenvalue weighted by Gasteiger charge is 2.00. The highest BCUT2D eigenvalue weighted by Crippen LogP contribution is 2.14. The molecule has 1 aromatic heterocycles. The molecular weight excluding hydrogens is 204 g/mol. The number of thiazole rings is 1. The number of hydrazone groups is 1. The van der Waals surface area contributed by atoms with Crippen LogP contribution in [-0.2, 0) is 0 Å². The molecule has 0 aliphatic rings. The van der Waals surface area contributed by atoms with Crippen LogP contribution in [0.3, 0.4) is 0 Å². The van der Waals surface area contributed by atoms with Gasteiger partial charge < -0.3 is 5.73 Å². The summed E-state index contributed by atoms with van der Waals surface area (Å²) in [6, 6.07) is 0. The minimum atomic E-state index is 0.162. The first-order valence-electron chi connectivity index (χ1n) is 3.62. The summed E-state index contributed by atoms with van der Waals surface area (Å²) in [7, 11) is 0. The lowest BCUT2D eigenvalue weighted by atomic mass is 10.4. The molecule has 0 saturated carbocycles. The maximum atomic E-state index is 5.19. The first kappa shape index (κ1) is 10.1. The number of rotatable bonds is 2. The lowest BCUT2D eigenvalue weighted by Gasteiger charge is -1.92. The van der Waals surface area contributed by atoms with Gasteiger partial charge in [0.2, 0.25) is 0 Å². The van der Waals surface area contributed by atoms with Gasteiger partial charge >= 0.3 is 0 Å². The summed E-state index contributed by atoms with van der Waals surface area (Å²) >= 11 is 6.17. The fourth-order valence-electron chi connectivity index (χ4n) is 0.821. The summed E-state index contributed by atoms with van der Waals surface area (Å²) in [6.45, 7) is 3.89. The highest BCUT2D eigenvalue weighted by molar-refractivity contribution is 7.80. The van der Waals surface area contributed by atoms with Crippen LogP contribution in [-0.4, -0.2) is 16.3 Å². The zero-order chi connectivity index (χ0) is 9.84. The third kappa shape index (κ3) is 3.08. The molecule has 0 aromatic carbocycles. The van der Waals surface area contributed by atoms with E-state index in [2.05, 4.69) is 27.7 Å². The lowest BCUT2D eigenvalue weighted by Crippen LogP contribution is -2.23. The van der Waals surface area contributed by atoms with Gasteiger partial charge in [-0.2, -0.15) is 5.10 Å². The van der Waals surface area contributed by atoms with E-state index in [0.29, 0.717) is 0 Å². The lowest BCUT2D eigenvalue weighted by molar-refractivity contribution is 1.04. The number of thiocarbonyl (C=S) groups is 1. The molecule has 6 heteroatoms. The largest absolute Gasteiger partial charge is 0.375 e. The molecule has 3 N–H and O–H groups in total. The molecular formula is C7H10N4S2. The summed E-state index contributed by atoms with van der Waals surface area (Å²) in [5.41, 5.74) is 8.65. The highest BCUT2D eigenvalue weighted by atomic mass is 32.1. The number of aryl methyl sites for hydroxylation is 2. The molecule has 0 bridgehead atoms. The van der Waals surface area contributed by atoms with E-state index in [-0.39, 0.29) is 5.11 Å². The molecule has 0 amide bonds. The third-order valence-corrected chi connectivity index (χ3v) is 2.39. The number of aromatic nitrogens is 1. The molecule has 1 rings (SSSR count). The van der Waals surface area contributed by atoms with Gasteiger partial charge in [-0.25, -0.2) is 4.98 Å². The topological polar surface area (TPSA) is 63.3 Å². The Kier molecular flexibility index (Phi) is 3.32. The maximum Gasteiger partial charge on any atom is 0.184 e. The minimum absolute atomic E-state index is 0.162. The van der Waals surface area contributed by atoms with E-state index >= 15 is 0 Å². The van der Waals surface area contributed by atoms with Crippen LogP contribution in [0.4, 0.5) is 0 Å². The molecule has 0 aliphatic carbocycles. The summed E-state index contributed by atoms with van der Waals surface area (Å²) in [4.78, 5) is 5.26. The van der Waals surface area contributed by atoms with Gasteiger partial charge in [0.05, 0.1) is 21.8 Å². The Morgan fingerprint density at radius 3 is 2.85 bits per heavy atom. The van der Waals surface area contributed by atoms with E-state index in [1.807, 2.05) is 13.8 Å². The fourth-order valence-corrected chi connectivity index (χ4v) is 1.67. The monoisotopic (exact) mass is 214 g/mol. The van der Waals surface area contributed by atoms with E-state index in [9.17, 15) is 0 Å². The van der Waals surface area contributed by atoms with Crippen molar-refractivity contribution >= 4 is 34.9 Å². The summed E-state index contributed by atoms with van der Waals surface area (Å²) < 4.78 is 0. The van der Waals surface area contributed by atoms with Crippen LogP contribution in [0, 0.1) is 13.8 Å². The van der Waals surface area contributed by atoms with E-state index in [1.165, 1.54) is 0 Å². The Labute approximate surface area is 85.9 Å². The van der Waals surface area contributed by atoms with Crippen LogP contribution >= 0.6 is 23.6 Å². The number of nitrogens with one attached hydrogen (secondary N) is 1. The summed E-state index contributed by atoms with van der Waals surface area (Å²) in [6.07, 6.45) is 1.67. The Hall–Kier alpha value is -1.01. The second-order valence-electron chi connectivity index (χ2n) is 2.42. The molecule has 4 nitrogen and oxygen atoms in total. The van der Waals surface area contributed by atoms with Crippen LogP contribution in [0.1, 0.15) is 15.6 Å². The van der Waals surface area contributed by atoms with Gasteiger partial charge in [-0.15, -0.1) is 11.3 Å². The van der Waals surface area contributed by atoms with Gasteiger partial charge in [-0.1, -0.05) is 0 Å². The maximum absolute atomic E-state index is 5.19. The summed E-state index contributed by atoms with van der Waals surface area (Å²) in [5, 5.41) is 5.03. The molecule has 13 heavy (non-hydrogen) atoms. The van der Waals surface area contributed by atoms with E-state index in [0.717, 1.165) is 15.6 Å². The third-order valence-electron chi connectivity index (χ3n) is 1.30. The second kappa shape index (κ2) is 4.29. The minimum Gasteiger partial charge on any atom is -0.375 e. The SMILES string of the molecule is Cc1nc(C)c(C=NNC(N)=S)s1. The average molecular weight is 214 g/mol. The zero-order valence-corrected chi connectivity index (χ0v) is 9.00. The van der Waals surface area contributed by atoms with Gasteiger partial charge in [0.1, 0.15) is 0 Å². The molecule has 1 aromatic rings. The second-order valence-corrected chi connectivity index (χ2v) is 4.09. The van der Waals surface area contributed by atoms with Crippen molar-refractivity contribution in [2.45, 2.75) is 13.8 Å². The first-order valence-corrected chi connectivity index (χ1v) is 4.84.